The molecule has 2 aromatic rings. The van der Waals surface area contributed by atoms with E-state index in [1.54, 1.807) is 0 Å². The Morgan fingerprint density at radius 1 is 1.28 bits per heavy atom. The molecule has 1 aromatic carbocycles. The second-order valence-corrected chi connectivity index (χ2v) is 4.39. The number of non-ortho nitro benzene ring substituents is 1. The van der Waals surface area contributed by atoms with Gasteiger partial charge in [0.15, 0.2) is 0 Å². The lowest BCUT2D eigenvalue weighted by Crippen LogP contribution is -2.06. The van der Waals surface area contributed by atoms with Gasteiger partial charge < -0.3 is 0 Å². The van der Waals surface area contributed by atoms with Crippen LogP contribution in [0.3, 0.4) is 0 Å². The molecular formula is C10H4BrF3N2O2. The van der Waals surface area contributed by atoms with Gasteiger partial charge in [-0.25, -0.2) is 0 Å². The van der Waals surface area contributed by atoms with E-state index in [-0.39, 0.29) is 10.9 Å². The number of nitro benzene ring substituents is 1. The topological polar surface area (TPSA) is 56.0 Å². The molecule has 0 aliphatic rings. The number of pyridine rings is 1. The summed E-state index contributed by atoms with van der Waals surface area (Å²) in [6, 6.07) is 2.66. The molecule has 4 nitrogen and oxygen atoms in total. The molecule has 0 radical (unpaired) electrons. The summed E-state index contributed by atoms with van der Waals surface area (Å²) in [7, 11) is 0. The first-order valence-electron chi connectivity index (χ1n) is 4.60. The van der Waals surface area contributed by atoms with Gasteiger partial charge in [-0.05, 0) is 28.1 Å². The normalized spacial score (nSPS) is 11.8. The molecule has 0 bridgehead atoms. The quantitative estimate of drug-likeness (QED) is 0.591. The number of hydrogen-bond donors (Lipinski definition) is 0. The summed E-state index contributed by atoms with van der Waals surface area (Å²) in [5.41, 5.74) is -1.77. The van der Waals surface area contributed by atoms with Crippen LogP contribution in [0.1, 0.15) is 5.56 Å². The fourth-order valence-electron chi connectivity index (χ4n) is 1.50. The van der Waals surface area contributed by atoms with Gasteiger partial charge in [0.25, 0.3) is 5.69 Å². The van der Waals surface area contributed by atoms with Gasteiger partial charge in [0.05, 0.1) is 21.4 Å². The minimum atomic E-state index is -4.65. The third-order valence-corrected chi connectivity index (χ3v) is 2.70. The molecule has 0 amide bonds. The highest BCUT2D eigenvalue weighted by atomic mass is 79.9. The van der Waals surface area contributed by atoms with Crippen molar-refractivity contribution in [3.8, 4) is 0 Å². The molecule has 2 rings (SSSR count). The highest BCUT2D eigenvalue weighted by Gasteiger charge is 2.33. The predicted molar refractivity (Wildman–Crippen MR) is 61.1 cm³/mol. The third kappa shape index (κ3) is 2.28. The second-order valence-electron chi connectivity index (χ2n) is 3.47. The molecule has 0 unspecified atom stereocenters. The molecule has 1 heterocycles. The van der Waals surface area contributed by atoms with Crippen LogP contribution in [0, 0.1) is 10.1 Å². The minimum Gasteiger partial charge on any atom is -0.258 e. The Labute approximate surface area is 107 Å². The van der Waals surface area contributed by atoms with E-state index in [4.69, 9.17) is 0 Å². The summed E-state index contributed by atoms with van der Waals surface area (Å²) >= 11 is 3.07. The van der Waals surface area contributed by atoms with Crippen molar-refractivity contribution in [2.24, 2.45) is 0 Å². The number of alkyl halides is 3. The van der Waals surface area contributed by atoms with E-state index in [0.717, 1.165) is 6.07 Å². The standard InChI is InChI=1S/C10H4BrF3N2O2/c11-6-3-7-8(15-4-6)1-5(10(12,13)14)2-9(7)16(17)18/h1-4H. The smallest absolute Gasteiger partial charge is 0.258 e. The summed E-state index contributed by atoms with van der Waals surface area (Å²) in [6.45, 7) is 0. The van der Waals surface area contributed by atoms with E-state index in [1.165, 1.54) is 12.3 Å². The number of aromatic nitrogens is 1. The Bertz CT molecular complexity index is 643. The van der Waals surface area contributed by atoms with Crippen molar-refractivity contribution in [2.45, 2.75) is 6.18 Å². The van der Waals surface area contributed by atoms with Crippen LogP contribution in [0.4, 0.5) is 18.9 Å². The van der Waals surface area contributed by atoms with E-state index in [1.807, 2.05) is 0 Å². The minimum absolute atomic E-state index is 0.0578. The van der Waals surface area contributed by atoms with Crippen molar-refractivity contribution in [1.29, 1.82) is 0 Å². The van der Waals surface area contributed by atoms with Crippen LogP contribution < -0.4 is 0 Å². The van der Waals surface area contributed by atoms with Crippen LogP contribution in [0.15, 0.2) is 28.9 Å². The van der Waals surface area contributed by atoms with Crippen molar-refractivity contribution >= 4 is 32.5 Å². The molecule has 0 aliphatic heterocycles. The molecule has 1 aromatic heterocycles. The monoisotopic (exact) mass is 320 g/mol. The second kappa shape index (κ2) is 4.20. The molecule has 0 spiro atoms. The summed E-state index contributed by atoms with van der Waals surface area (Å²) in [6.07, 6.45) is -3.36. The van der Waals surface area contributed by atoms with Crippen LogP contribution in [0.2, 0.25) is 0 Å². The lowest BCUT2D eigenvalue weighted by atomic mass is 10.1. The van der Waals surface area contributed by atoms with E-state index in [0.29, 0.717) is 10.5 Å². The molecule has 0 saturated heterocycles. The SMILES string of the molecule is O=[N+]([O-])c1cc(C(F)(F)F)cc2ncc(Br)cc12. The molecule has 18 heavy (non-hydrogen) atoms. The van der Waals surface area contributed by atoms with E-state index in [9.17, 15) is 23.3 Å². The van der Waals surface area contributed by atoms with Gasteiger partial charge >= 0.3 is 6.18 Å². The zero-order valence-corrected chi connectivity index (χ0v) is 10.1. The number of hydrogen-bond acceptors (Lipinski definition) is 3. The van der Waals surface area contributed by atoms with Crippen LogP contribution in [0.5, 0.6) is 0 Å². The van der Waals surface area contributed by atoms with Crippen molar-refractivity contribution in [3.05, 3.63) is 44.5 Å². The lowest BCUT2D eigenvalue weighted by molar-refractivity contribution is -0.383. The number of nitro groups is 1. The predicted octanol–water partition coefficient (Wildman–Crippen LogP) is 3.92. The Morgan fingerprint density at radius 3 is 2.50 bits per heavy atom. The molecule has 0 aliphatic carbocycles. The van der Waals surface area contributed by atoms with Crippen LogP contribution in [0.25, 0.3) is 10.9 Å². The van der Waals surface area contributed by atoms with Crippen molar-refractivity contribution in [1.82, 2.24) is 4.98 Å². The highest BCUT2D eigenvalue weighted by Crippen LogP contribution is 2.36. The van der Waals surface area contributed by atoms with E-state index < -0.39 is 22.4 Å². The van der Waals surface area contributed by atoms with Crippen molar-refractivity contribution in [3.63, 3.8) is 0 Å². The Morgan fingerprint density at radius 2 is 1.94 bits per heavy atom. The fraction of sp³-hybridized carbons (Fsp3) is 0.100. The number of fused-ring (bicyclic) bond motifs is 1. The average Bonchev–Trinajstić information content (AvgIpc) is 2.25. The first-order valence-corrected chi connectivity index (χ1v) is 5.39. The molecule has 8 heteroatoms. The number of nitrogens with zero attached hydrogens (tertiary/aromatic N) is 2. The van der Waals surface area contributed by atoms with E-state index >= 15 is 0 Å². The highest BCUT2D eigenvalue weighted by molar-refractivity contribution is 9.10. The van der Waals surface area contributed by atoms with Gasteiger partial charge in [0.1, 0.15) is 0 Å². The zero-order chi connectivity index (χ0) is 13.5. The lowest BCUT2D eigenvalue weighted by Gasteiger charge is -2.08. The first kappa shape index (κ1) is 12.7. The van der Waals surface area contributed by atoms with E-state index in [2.05, 4.69) is 20.9 Å². The largest absolute Gasteiger partial charge is 0.416 e. The van der Waals surface area contributed by atoms with Gasteiger partial charge in [-0.3, -0.25) is 15.1 Å². The summed E-state index contributed by atoms with van der Waals surface area (Å²) in [5.74, 6) is 0. The molecule has 0 atom stereocenters. The average molecular weight is 321 g/mol. The fourth-order valence-corrected chi connectivity index (χ4v) is 1.83. The maximum atomic E-state index is 12.6. The molecule has 0 N–H and O–H groups in total. The van der Waals surface area contributed by atoms with Crippen LogP contribution in [-0.4, -0.2) is 9.91 Å². The summed E-state index contributed by atoms with van der Waals surface area (Å²) < 4.78 is 38.2. The van der Waals surface area contributed by atoms with Crippen LogP contribution >= 0.6 is 15.9 Å². The Hall–Kier alpha value is -1.70. The van der Waals surface area contributed by atoms with Crippen molar-refractivity contribution < 1.29 is 18.1 Å². The maximum absolute atomic E-state index is 12.6. The Kier molecular flexibility index (Phi) is 2.97. The third-order valence-electron chi connectivity index (χ3n) is 2.27. The number of rotatable bonds is 1. The molecular weight excluding hydrogens is 317 g/mol. The van der Waals surface area contributed by atoms with Crippen LogP contribution in [-0.2, 0) is 6.18 Å². The maximum Gasteiger partial charge on any atom is 0.416 e. The Balaban J connectivity index is 2.83. The number of halogens is 4. The van der Waals surface area contributed by atoms with Gasteiger partial charge in [-0.2, -0.15) is 13.2 Å². The van der Waals surface area contributed by atoms with Gasteiger partial charge in [-0.1, -0.05) is 0 Å². The summed E-state index contributed by atoms with van der Waals surface area (Å²) in [4.78, 5) is 13.7. The van der Waals surface area contributed by atoms with Gasteiger partial charge in [-0.15, -0.1) is 0 Å². The molecule has 0 fully saturated rings. The number of benzene rings is 1. The summed E-state index contributed by atoms with van der Waals surface area (Å²) in [5, 5.41) is 10.9. The molecule has 94 valence electrons. The first-order chi connectivity index (χ1) is 8.29. The van der Waals surface area contributed by atoms with Gasteiger partial charge in [0, 0.05) is 16.7 Å². The molecule has 0 saturated carbocycles. The van der Waals surface area contributed by atoms with Gasteiger partial charge in [0.2, 0.25) is 0 Å². The zero-order valence-electron chi connectivity index (χ0n) is 8.53. The van der Waals surface area contributed by atoms with Crippen molar-refractivity contribution in [2.75, 3.05) is 0 Å².